The lowest BCUT2D eigenvalue weighted by molar-refractivity contribution is 0.326. The molecule has 7 nitrogen and oxygen atoms in total. The van der Waals surface area contributed by atoms with E-state index in [2.05, 4.69) is 26.5 Å². The van der Waals surface area contributed by atoms with Gasteiger partial charge in [0.25, 0.3) is 20.0 Å². The van der Waals surface area contributed by atoms with E-state index in [0.717, 1.165) is 35.3 Å². The monoisotopic (exact) mass is 595 g/mol. The van der Waals surface area contributed by atoms with Crippen LogP contribution < -0.4 is 9.44 Å². The Bertz CT molecular complexity index is 1630. The third kappa shape index (κ3) is 9.31. The Morgan fingerprint density at radius 3 is 1.76 bits per heavy atom. The molecule has 0 saturated carbocycles. The van der Waals surface area contributed by atoms with E-state index in [1.165, 1.54) is 23.3 Å². The Morgan fingerprint density at radius 2 is 1.20 bits per heavy atom. The van der Waals surface area contributed by atoms with Gasteiger partial charge in [-0.3, -0.25) is 14.3 Å². The molecule has 0 saturated heterocycles. The highest BCUT2D eigenvalue weighted by Crippen LogP contribution is 2.30. The normalized spacial score (nSPS) is 11.7. The summed E-state index contributed by atoms with van der Waals surface area (Å²) in [4.78, 5) is 2.42. The van der Waals surface area contributed by atoms with Gasteiger partial charge in [0.15, 0.2) is 0 Å². The van der Waals surface area contributed by atoms with Crippen molar-refractivity contribution in [2.24, 2.45) is 0 Å². The van der Waals surface area contributed by atoms with Crippen LogP contribution in [-0.4, -0.2) is 34.8 Å². The molecule has 0 bridgehead atoms. The Labute approximate surface area is 246 Å². The van der Waals surface area contributed by atoms with E-state index in [-0.39, 0.29) is 21.2 Å². The second-order valence-electron chi connectivity index (χ2n) is 10.9. The first-order chi connectivity index (χ1) is 19.2. The number of sulfonamides is 2. The zero-order valence-electron chi connectivity index (χ0n) is 24.9. The van der Waals surface area contributed by atoms with Crippen LogP contribution in [0.25, 0.3) is 0 Å². The maximum Gasteiger partial charge on any atom is 0.261 e. The molecule has 2 N–H and O–H groups in total. The van der Waals surface area contributed by atoms with Crippen LogP contribution in [-0.2, 0) is 26.6 Å². The summed E-state index contributed by atoms with van der Waals surface area (Å²) in [6.07, 6.45) is 4.29. The van der Waals surface area contributed by atoms with Gasteiger partial charge in [-0.05, 0) is 102 Å². The minimum absolute atomic E-state index is 0.0882. The summed E-state index contributed by atoms with van der Waals surface area (Å²) in [7, 11) is -7.97. The van der Waals surface area contributed by atoms with Crippen molar-refractivity contribution in [3.05, 3.63) is 106 Å². The molecular weight excluding hydrogens is 555 g/mol. The van der Waals surface area contributed by atoms with Gasteiger partial charge in [0.1, 0.15) is 0 Å². The largest absolute Gasteiger partial charge is 0.292 e. The fourth-order valence-corrected chi connectivity index (χ4v) is 6.19. The summed E-state index contributed by atoms with van der Waals surface area (Å²) in [5.74, 6) is 0. The topological polar surface area (TPSA) is 95.6 Å². The molecule has 0 radical (unpaired) electrons. The van der Waals surface area contributed by atoms with Crippen molar-refractivity contribution in [3.8, 4) is 0 Å². The van der Waals surface area contributed by atoms with Gasteiger partial charge in [0.05, 0.1) is 21.2 Å². The highest BCUT2D eigenvalue weighted by molar-refractivity contribution is 7.93. The van der Waals surface area contributed by atoms with E-state index >= 15 is 0 Å². The molecule has 9 heteroatoms. The summed E-state index contributed by atoms with van der Waals surface area (Å²) in [5.41, 5.74) is 6.29. The number of nitrogens with zero attached hydrogens (tertiary/aromatic N) is 1. The van der Waals surface area contributed by atoms with Crippen molar-refractivity contribution in [1.82, 2.24) is 4.90 Å². The molecule has 0 fully saturated rings. The second-order valence-corrected chi connectivity index (χ2v) is 14.3. The number of anilines is 2. The van der Waals surface area contributed by atoms with Crippen LogP contribution >= 0.6 is 0 Å². The van der Waals surface area contributed by atoms with E-state index < -0.39 is 20.0 Å². The van der Waals surface area contributed by atoms with Gasteiger partial charge in [-0.15, -0.1) is 0 Å². The molecule has 41 heavy (non-hydrogen) atoms. The second kappa shape index (κ2) is 13.5. The number of nitrogens with one attached hydrogen (secondary N) is 2. The van der Waals surface area contributed by atoms with Crippen LogP contribution in [0.1, 0.15) is 49.9 Å². The van der Waals surface area contributed by atoms with Crippen LogP contribution in [0.2, 0.25) is 0 Å². The Morgan fingerprint density at radius 1 is 0.659 bits per heavy atom. The average molecular weight is 596 g/mol. The van der Waals surface area contributed by atoms with Gasteiger partial charge in [-0.25, -0.2) is 16.8 Å². The van der Waals surface area contributed by atoms with Crippen LogP contribution in [0, 0.1) is 20.8 Å². The van der Waals surface area contributed by atoms with Crippen molar-refractivity contribution in [2.75, 3.05) is 22.5 Å². The Hall–Kier alpha value is -3.40. The molecule has 0 unspecified atom stereocenters. The molecule has 0 aliphatic carbocycles. The van der Waals surface area contributed by atoms with E-state index in [1.54, 1.807) is 42.5 Å². The molecular formula is C32H41N3O4S2. The Kier molecular flexibility index (Phi) is 10.6. The van der Waals surface area contributed by atoms with Crippen molar-refractivity contribution in [3.63, 3.8) is 0 Å². The SMILES string of the molecule is CC(C)=CCN(CC=C(C)C)Cc1ccc(NS(=O)(=O)c2ccc(C)c(C)c2)c(NS(=O)(=O)c2ccc(C)cc2)c1. The number of rotatable bonds is 12. The van der Waals surface area contributed by atoms with Gasteiger partial charge in [0.2, 0.25) is 0 Å². The van der Waals surface area contributed by atoms with Gasteiger partial charge in [-0.1, -0.05) is 53.1 Å². The first kappa shape index (κ1) is 32.1. The van der Waals surface area contributed by atoms with E-state index in [1.807, 2.05) is 54.5 Å². The number of allylic oxidation sites excluding steroid dienone is 2. The predicted octanol–water partition coefficient (Wildman–Crippen LogP) is 6.95. The molecule has 0 aliphatic rings. The number of aryl methyl sites for hydroxylation is 3. The molecule has 0 amide bonds. The molecule has 220 valence electrons. The van der Waals surface area contributed by atoms with Crippen LogP contribution in [0.15, 0.2) is 93.8 Å². The van der Waals surface area contributed by atoms with Gasteiger partial charge < -0.3 is 0 Å². The third-order valence-electron chi connectivity index (χ3n) is 6.61. The summed E-state index contributed by atoms with van der Waals surface area (Å²) in [5, 5.41) is 0. The molecule has 0 aliphatic heterocycles. The zero-order chi connectivity index (χ0) is 30.4. The fourth-order valence-electron chi connectivity index (χ4n) is 3.95. The first-order valence-electron chi connectivity index (χ1n) is 13.5. The highest BCUT2D eigenvalue weighted by Gasteiger charge is 2.21. The van der Waals surface area contributed by atoms with Gasteiger partial charge >= 0.3 is 0 Å². The third-order valence-corrected chi connectivity index (χ3v) is 9.36. The van der Waals surface area contributed by atoms with E-state index in [9.17, 15) is 16.8 Å². The molecule has 3 rings (SSSR count). The molecule has 0 heterocycles. The quantitative estimate of drug-likeness (QED) is 0.221. The maximum absolute atomic E-state index is 13.4. The number of benzene rings is 3. The van der Waals surface area contributed by atoms with Crippen molar-refractivity contribution in [1.29, 1.82) is 0 Å². The molecule has 0 atom stereocenters. The minimum Gasteiger partial charge on any atom is -0.292 e. The lowest BCUT2D eigenvalue weighted by atomic mass is 10.1. The molecule has 0 aromatic heterocycles. The van der Waals surface area contributed by atoms with Crippen LogP contribution in [0.4, 0.5) is 11.4 Å². The summed E-state index contributed by atoms with van der Waals surface area (Å²) < 4.78 is 58.6. The standard InChI is InChI=1S/C32H41N3O4S2/c1-23(2)16-18-35(19-17-24(3)4)22-28-11-15-31(33-41(38,39)30-14-10-26(6)27(7)20-30)32(21-28)34-40(36,37)29-12-8-25(5)9-13-29/h8-17,20-21,33-34H,18-19,22H2,1-7H3. The summed E-state index contributed by atoms with van der Waals surface area (Å²) in [6.45, 7) is 15.8. The molecule has 3 aromatic carbocycles. The van der Waals surface area contributed by atoms with Crippen molar-refractivity contribution >= 4 is 31.4 Å². The smallest absolute Gasteiger partial charge is 0.261 e. The fraction of sp³-hybridized carbons (Fsp3) is 0.312. The average Bonchev–Trinajstić information content (AvgIpc) is 2.88. The lowest BCUT2D eigenvalue weighted by Crippen LogP contribution is -2.24. The Balaban J connectivity index is 2.04. The predicted molar refractivity (Wildman–Crippen MR) is 169 cm³/mol. The minimum atomic E-state index is -3.99. The summed E-state index contributed by atoms with van der Waals surface area (Å²) in [6, 6.07) is 16.5. The first-order valence-corrected chi connectivity index (χ1v) is 16.4. The van der Waals surface area contributed by atoms with Crippen LogP contribution in [0.3, 0.4) is 0 Å². The van der Waals surface area contributed by atoms with Crippen LogP contribution in [0.5, 0.6) is 0 Å². The zero-order valence-corrected chi connectivity index (χ0v) is 26.6. The lowest BCUT2D eigenvalue weighted by Gasteiger charge is -2.21. The number of hydrogen-bond acceptors (Lipinski definition) is 5. The van der Waals surface area contributed by atoms with Crippen molar-refractivity contribution < 1.29 is 16.8 Å². The molecule has 0 spiro atoms. The number of hydrogen-bond donors (Lipinski definition) is 2. The summed E-state index contributed by atoms with van der Waals surface area (Å²) >= 11 is 0. The van der Waals surface area contributed by atoms with E-state index in [0.29, 0.717) is 6.54 Å². The van der Waals surface area contributed by atoms with Crippen molar-refractivity contribution in [2.45, 2.75) is 64.8 Å². The molecule has 3 aromatic rings. The van der Waals surface area contributed by atoms with Gasteiger partial charge in [0, 0.05) is 19.6 Å². The van der Waals surface area contributed by atoms with E-state index in [4.69, 9.17) is 0 Å². The maximum atomic E-state index is 13.4. The highest BCUT2D eigenvalue weighted by atomic mass is 32.2. The van der Waals surface area contributed by atoms with Gasteiger partial charge in [-0.2, -0.15) is 0 Å².